The van der Waals surface area contributed by atoms with E-state index in [4.69, 9.17) is 22.9 Å². The van der Waals surface area contributed by atoms with E-state index in [1.807, 2.05) is 13.8 Å². The van der Waals surface area contributed by atoms with Crippen LogP contribution < -0.4 is 60.2 Å². The number of phenolic OH excluding ortho intramolecular Hbond substituents is 1. The number of carbonyl (C=O) groups excluding carboxylic acids is 11. The molecule has 404 valence electrons. The van der Waals surface area contributed by atoms with E-state index in [1.165, 1.54) is 29.2 Å². The van der Waals surface area contributed by atoms with Crippen LogP contribution >= 0.6 is 21.6 Å². The predicted octanol–water partition coefficient (Wildman–Crippen LogP) is -2.65. The molecule has 1 saturated heterocycles. The molecule has 0 radical (unpaired) electrons. The number of fused-ring (bicyclic) bond motifs is 1. The van der Waals surface area contributed by atoms with Crippen molar-refractivity contribution < 1.29 is 57.8 Å². The molecule has 1 fully saturated rings. The van der Waals surface area contributed by atoms with Crippen molar-refractivity contribution in [3.05, 3.63) is 65.2 Å². The molecule has 4 rings (SSSR count). The molecule has 0 aromatic heterocycles. The van der Waals surface area contributed by atoms with Gasteiger partial charge in [0, 0.05) is 37.3 Å². The lowest BCUT2D eigenvalue weighted by atomic mass is 9.92. The molecule has 2 aromatic carbocycles. The van der Waals surface area contributed by atoms with Gasteiger partial charge in [-0.15, -0.1) is 0 Å². The fourth-order valence-corrected chi connectivity index (χ4v) is 10.3. The fourth-order valence-electron chi connectivity index (χ4n) is 8.03. The molecule has 2 aliphatic heterocycles. The highest BCUT2D eigenvalue weighted by Crippen LogP contribution is 2.28. The molecule has 2 heterocycles. The third-order valence-electron chi connectivity index (χ3n) is 12.3. The van der Waals surface area contributed by atoms with Crippen LogP contribution in [0.2, 0.25) is 0 Å². The van der Waals surface area contributed by atoms with Crippen LogP contribution in [0.15, 0.2) is 48.5 Å². The molecule has 0 unspecified atom stereocenters. The number of benzene rings is 2. The lowest BCUT2D eigenvalue weighted by Gasteiger charge is -2.38. The summed E-state index contributed by atoms with van der Waals surface area (Å²) in [5.74, 6) is -10.7. The van der Waals surface area contributed by atoms with Crippen LogP contribution in [0.5, 0.6) is 5.75 Å². The summed E-state index contributed by atoms with van der Waals surface area (Å²) in [6, 6.07) is 1.59. The number of aromatic hydroxyl groups is 1. The van der Waals surface area contributed by atoms with Gasteiger partial charge in [0.2, 0.25) is 65.0 Å². The average molecular weight is 1070 g/mol. The Balaban J connectivity index is 1.78. The summed E-state index contributed by atoms with van der Waals surface area (Å²) >= 11 is 0. The number of carbonyl (C=O) groups is 11. The molecule has 11 amide bonds. The van der Waals surface area contributed by atoms with E-state index in [1.54, 1.807) is 38.1 Å². The van der Waals surface area contributed by atoms with Crippen molar-refractivity contribution >= 4 is 86.6 Å². The van der Waals surface area contributed by atoms with Gasteiger partial charge in [-0.1, -0.05) is 92.1 Å². The molecule has 2 aliphatic rings. The summed E-state index contributed by atoms with van der Waals surface area (Å²) in [5.41, 5.74) is 24.5. The molecular weight excluding hydrogens is 1000 g/mol. The Morgan fingerprint density at radius 3 is 1.97 bits per heavy atom. The first-order valence-corrected chi connectivity index (χ1v) is 26.6. The Bertz CT molecular complexity index is 2390. The minimum atomic E-state index is -1.79. The van der Waals surface area contributed by atoms with E-state index >= 15 is 4.79 Å². The summed E-state index contributed by atoms with van der Waals surface area (Å²) in [5, 5.41) is 27.9. The topological polar surface area (TPSA) is 400 Å². The monoisotopic (exact) mass is 1070 g/mol. The highest BCUT2D eigenvalue weighted by molar-refractivity contribution is 8.76. The van der Waals surface area contributed by atoms with Gasteiger partial charge in [-0.3, -0.25) is 52.7 Å². The maximum absolute atomic E-state index is 15.1. The number of primary amides is 3. The van der Waals surface area contributed by atoms with E-state index in [-0.39, 0.29) is 49.0 Å². The van der Waals surface area contributed by atoms with Gasteiger partial charge in [0.25, 0.3) is 0 Å². The standard InChI is InChI=1S/C48H68N12O12S2/c1-5-25(4)40-47(71)54-31(14-15-37(50)62)43(67)56-34(19-38(51)63)44(68)58-35(23-74-73-22-30(49)41(65)55-33(45(69)59-40)17-26-10-12-29(61)13-11-26)48(72)60-21-28-9-7-6-8-27(28)18-36(60)46(70)57-32(16-24(2)3)42(66)53-20-39(52)64/h6-13,24-25,30-36,40,61H,5,14-23,49H2,1-4H3,(H2,50,62)(H2,51,63)(H2,52,64)(H,53,66)(H,54,71)(H,55,65)(H,56,67)(H,57,70)(H,58,68)(H,59,69)/t25-,30-,31-,32-,33-,34-,35-,36-,40-/m0/s1. The quantitative estimate of drug-likeness (QED) is 0.0721. The van der Waals surface area contributed by atoms with E-state index in [9.17, 15) is 53.1 Å². The summed E-state index contributed by atoms with van der Waals surface area (Å²) < 4.78 is 0. The summed E-state index contributed by atoms with van der Waals surface area (Å²) in [4.78, 5) is 151. The lowest BCUT2D eigenvalue weighted by molar-refractivity contribution is -0.145. The number of amides is 11. The molecule has 74 heavy (non-hydrogen) atoms. The van der Waals surface area contributed by atoms with E-state index in [0.717, 1.165) is 21.6 Å². The van der Waals surface area contributed by atoms with E-state index in [2.05, 4.69) is 37.2 Å². The smallest absolute Gasteiger partial charge is 0.247 e. The van der Waals surface area contributed by atoms with Crippen LogP contribution in [-0.2, 0) is 72.1 Å². The van der Waals surface area contributed by atoms with Gasteiger partial charge >= 0.3 is 0 Å². The van der Waals surface area contributed by atoms with Gasteiger partial charge in [0.05, 0.1) is 19.0 Å². The van der Waals surface area contributed by atoms with Gasteiger partial charge < -0.3 is 70.2 Å². The first-order valence-electron chi connectivity index (χ1n) is 24.1. The second-order valence-corrected chi connectivity index (χ2v) is 21.2. The third-order valence-corrected chi connectivity index (χ3v) is 14.7. The number of nitrogens with one attached hydrogen (secondary N) is 7. The molecule has 16 N–H and O–H groups in total. The first-order chi connectivity index (χ1) is 35.0. The zero-order chi connectivity index (χ0) is 54.8. The van der Waals surface area contributed by atoms with Crippen LogP contribution in [0.4, 0.5) is 0 Å². The second-order valence-electron chi connectivity index (χ2n) is 18.7. The third kappa shape index (κ3) is 18.2. The van der Waals surface area contributed by atoms with Crippen molar-refractivity contribution in [1.82, 2.24) is 42.1 Å². The minimum absolute atomic E-state index is 0.0278. The summed E-state index contributed by atoms with van der Waals surface area (Å²) in [6.45, 7) is 6.39. The summed E-state index contributed by atoms with van der Waals surface area (Å²) in [6.07, 6.45) is -1.33. The predicted molar refractivity (Wildman–Crippen MR) is 274 cm³/mol. The molecule has 0 bridgehead atoms. The van der Waals surface area contributed by atoms with Crippen LogP contribution in [0.1, 0.15) is 76.5 Å². The zero-order valence-electron chi connectivity index (χ0n) is 41.7. The fraction of sp³-hybridized carbons (Fsp3) is 0.521. The Kier molecular flexibility index (Phi) is 23.0. The highest BCUT2D eigenvalue weighted by atomic mass is 33.1. The molecule has 2 aromatic rings. The Morgan fingerprint density at radius 1 is 0.743 bits per heavy atom. The molecule has 0 saturated carbocycles. The molecule has 0 spiro atoms. The van der Waals surface area contributed by atoms with Gasteiger partial charge in [0.1, 0.15) is 48.0 Å². The van der Waals surface area contributed by atoms with Crippen molar-refractivity contribution in [3.8, 4) is 5.75 Å². The number of hydrogen-bond donors (Lipinski definition) is 12. The van der Waals surface area contributed by atoms with Gasteiger partial charge in [0.15, 0.2) is 0 Å². The van der Waals surface area contributed by atoms with Crippen molar-refractivity contribution in [2.45, 2.75) is 128 Å². The number of hydrogen-bond acceptors (Lipinski definition) is 15. The van der Waals surface area contributed by atoms with Crippen molar-refractivity contribution in [1.29, 1.82) is 0 Å². The van der Waals surface area contributed by atoms with Crippen LogP contribution in [0, 0.1) is 11.8 Å². The van der Waals surface area contributed by atoms with Crippen molar-refractivity contribution in [2.75, 3.05) is 18.1 Å². The Morgan fingerprint density at radius 2 is 1.35 bits per heavy atom. The largest absolute Gasteiger partial charge is 0.508 e. The SMILES string of the molecule is CC[C@H](C)[C@@H]1NC(=O)[C@H](Cc2ccc(O)cc2)NC(=O)[C@@H](N)CSSC[C@@H](C(=O)N2Cc3ccccc3C[C@H]2C(=O)N[C@@H](CC(C)C)C(=O)NCC(N)=O)NC(=O)[C@H](CC(N)=O)NC(=O)[C@H](CCC(N)=O)NC1=O. The van der Waals surface area contributed by atoms with Crippen LogP contribution in [0.3, 0.4) is 0 Å². The molecule has 0 aliphatic carbocycles. The van der Waals surface area contributed by atoms with E-state index < -0.39 is 145 Å². The maximum Gasteiger partial charge on any atom is 0.247 e. The van der Waals surface area contributed by atoms with Gasteiger partial charge in [-0.2, -0.15) is 0 Å². The number of rotatable bonds is 17. The summed E-state index contributed by atoms with van der Waals surface area (Å²) in [7, 11) is 2.03. The van der Waals surface area contributed by atoms with Gasteiger partial charge in [-0.05, 0) is 53.5 Å². The van der Waals surface area contributed by atoms with Crippen LogP contribution in [0.25, 0.3) is 0 Å². The second kappa shape index (κ2) is 28.5. The molecule has 26 heteroatoms. The number of nitrogens with two attached hydrogens (primary N) is 4. The average Bonchev–Trinajstić information content (AvgIpc) is 3.34. The maximum atomic E-state index is 15.1. The number of nitrogens with zero attached hydrogens (tertiary/aromatic N) is 1. The minimum Gasteiger partial charge on any atom is -0.508 e. The molecule has 24 nitrogen and oxygen atoms in total. The van der Waals surface area contributed by atoms with Gasteiger partial charge in [-0.25, -0.2) is 0 Å². The molecule has 9 atom stereocenters. The van der Waals surface area contributed by atoms with Crippen LogP contribution in [-0.4, -0.2) is 141 Å². The lowest BCUT2D eigenvalue weighted by Crippen LogP contribution is -2.62. The number of phenols is 1. The van der Waals surface area contributed by atoms with Crippen molar-refractivity contribution in [2.24, 2.45) is 34.8 Å². The molecular formula is C48H68N12O12S2. The first kappa shape index (κ1) is 59.6. The Labute approximate surface area is 436 Å². The normalized spacial score (nSPS) is 23.2. The zero-order valence-corrected chi connectivity index (χ0v) is 43.3. The van der Waals surface area contributed by atoms with Crippen molar-refractivity contribution in [3.63, 3.8) is 0 Å². The van der Waals surface area contributed by atoms with E-state index in [0.29, 0.717) is 23.1 Å². The highest BCUT2D eigenvalue weighted by Gasteiger charge is 2.41. The Hall–Kier alpha value is -6.93.